The molecule has 0 heterocycles. The van der Waals surface area contributed by atoms with Crippen molar-refractivity contribution in [1.82, 2.24) is 5.32 Å². The maximum Gasteiger partial charge on any atom is 0.224 e. The molecule has 0 bridgehead atoms. The summed E-state index contributed by atoms with van der Waals surface area (Å²) >= 11 is 0. The fourth-order valence-corrected chi connectivity index (χ4v) is 3.14. The molecule has 2 unspecified atom stereocenters. The summed E-state index contributed by atoms with van der Waals surface area (Å²) < 4.78 is 5.32. The molecule has 1 amide bonds. The molecule has 4 nitrogen and oxygen atoms in total. The Balaban J connectivity index is 1.87. The van der Waals surface area contributed by atoms with E-state index in [0.717, 1.165) is 43.4 Å². The molecule has 116 valence electrons. The first-order chi connectivity index (χ1) is 10.0. The summed E-state index contributed by atoms with van der Waals surface area (Å²) in [5.74, 6) is 0.895. The van der Waals surface area contributed by atoms with Crippen molar-refractivity contribution in [2.75, 3.05) is 13.7 Å². The van der Waals surface area contributed by atoms with Gasteiger partial charge in [-0.25, -0.2) is 0 Å². The molecule has 1 fully saturated rings. The van der Waals surface area contributed by atoms with Gasteiger partial charge in [-0.15, -0.1) is 0 Å². The van der Waals surface area contributed by atoms with Gasteiger partial charge >= 0.3 is 0 Å². The molecule has 0 aliphatic heterocycles. The Hall–Kier alpha value is -1.55. The molecule has 1 aliphatic carbocycles. The first-order valence-corrected chi connectivity index (χ1v) is 7.73. The standard InChI is InChI=1S/C17H26N2O2/c1-17(18)11-6-5-8-14(17)16(20)19-12-10-13-7-3-4-9-15(13)21-2/h3-4,7,9,14H,5-6,8,10-12,18H2,1-2H3,(H,19,20). The van der Waals surface area contributed by atoms with E-state index < -0.39 is 0 Å². The van der Waals surface area contributed by atoms with E-state index in [1.165, 1.54) is 0 Å². The highest BCUT2D eigenvalue weighted by Gasteiger charge is 2.37. The minimum Gasteiger partial charge on any atom is -0.496 e. The lowest BCUT2D eigenvalue weighted by molar-refractivity contribution is -0.128. The van der Waals surface area contributed by atoms with Crippen molar-refractivity contribution in [3.8, 4) is 5.75 Å². The fraction of sp³-hybridized carbons (Fsp3) is 0.588. The highest BCUT2D eigenvalue weighted by atomic mass is 16.5. The minimum absolute atomic E-state index is 0.0658. The Kier molecular flexibility index (Phi) is 5.23. The average molecular weight is 290 g/mol. The van der Waals surface area contributed by atoms with Gasteiger partial charge in [-0.1, -0.05) is 31.0 Å². The lowest BCUT2D eigenvalue weighted by Gasteiger charge is -2.37. The summed E-state index contributed by atoms with van der Waals surface area (Å²) in [5, 5.41) is 3.03. The zero-order valence-corrected chi connectivity index (χ0v) is 13.0. The van der Waals surface area contributed by atoms with Crippen molar-refractivity contribution in [2.24, 2.45) is 11.7 Å². The van der Waals surface area contributed by atoms with Crippen molar-refractivity contribution in [1.29, 1.82) is 0 Å². The van der Waals surface area contributed by atoms with E-state index >= 15 is 0 Å². The Morgan fingerprint density at radius 2 is 2.19 bits per heavy atom. The Bertz CT molecular complexity index is 485. The normalized spacial score (nSPS) is 25.4. The van der Waals surface area contributed by atoms with Crippen LogP contribution in [0.4, 0.5) is 0 Å². The van der Waals surface area contributed by atoms with Crippen LogP contribution in [0.25, 0.3) is 0 Å². The Morgan fingerprint density at radius 3 is 2.90 bits per heavy atom. The van der Waals surface area contributed by atoms with E-state index in [2.05, 4.69) is 5.32 Å². The third kappa shape index (κ3) is 3.97. The molecule has 4 heteroatoms. The molecular weight excluding hydrogens is 264 g/mol. The van der Waals surface area contributed by atoms with Gasteiger partial charge in [0.2, 0.25) is 5.91 Å². The smallest absolute Gasteiger partial charge is 0.224 e. The third-order valence-corrected chi connectivity index (χ3v) is 4.46. The topological polar surface area (TPSA) is 64.3 Å². The van der Waals surface area contributed by atoms with E-state index in [-0.39, 0.29) is 17.4 Å². The summed E-state index contributed by atoms with van der Waals surface area (Å²) in [4.78, 5) is 12.3. The molecule has 21 heavy (non-hydrogen) atoms. The van der Waals surface area contributed by atoms with Gasteiger partial charge in [0.25, 0.3) is 0 Å². The summed E-state index contributed by atoms with van der Waals surface area (Å²) in [6.07, 6.45) is 4.81. The fourth-order valence-electron chi connectivity index (χ4n) is 3.14. The van der Waals surface area contributed by atoms with Crippen molar-refractivity contribution < 1.29 is 9.53 Å². The van der Waals surface area contributed by atoms with Crippen LogP contribution in [-0.2, 0) is 11.2 Å². The molecule has 0 aromatic heterocycles. The van der Waals surface area contributed by atoms with Crippen LogP contribution in [-0.4, -0.2) is 25.1 Å². The second-order valence-corrected chi connectivity index (χ2v) is 6.16. The molecule has 0 spiro atoms. The number of nitrogens with one attached hydrogen (secondary N) is 1. The summed E-state index contributed by atoms with van der Waals surface area (Å²) in [5.41, 5.74) is 7.01. The van der Waals surface area contributed by atoms with Gasteiger partial charge in [-0.3, -0.25) is 4.79 Å². The second kappa shape index (κ2) is 6.94. The number of carbonyl (C=O) groups excluding carboxylic acids is 1. The summed E-state index contributed by atoms with van der Waals surface area (Å²) in [6.45, 7) is 2.61. The maximum atomic E-state index is 12.3. The average Bonchev–Trinajstić information content (AvgIpc) is 2.47. The molecule has 2 rings (SSSR count). The monoisotopic (exact) mass is 290 g/mol. The van der Waals surface area contributed by atoms with Gasteiger partial charge in [0.15, 0.2) is 0 Å². The molecule has 2 atom stereocenters. The number of methoxy groups -OCH3 is 1. The number of hydrogen-bond acceptors (Lipinski definition) is 3. The predicted octanol–water partition coefficient (Wildman–Crippen LogP) is 2.26. The molecule has 1 aromatic rings. The quantitative estimate of drug-likeness (QED) is 0.874. The van der Waals surface area contributed by atoms with Crippen molar-refractivity contribution in [3.05, 3.63) is 29.8 Å². The number of benzene rings is 1. The Morgan fingerprint density at radius 1 is 1.43 bits per heavy atom. The van der Waals surface area contributed by atoms with Gasteiger partial charge < -0.3 is 15.8 Å². The zero-order chi connectivity index (χ0) is 15.3. The van der Waals surface area contributed by atoms with Gasteiger partial charge in [0.1, 0.15) is 5.75 Å². The van der Waals surface area contributed by atoms with Crippen LogP contribution in [0.15, 0.2) is 24.3 Å². The minimum atomic E-state index is -0.368. The van der Waals surface area contributed by atoms with Crippen LogP contribution < -0.4 is 15.8 Å². The number of para-hydroxylation sites is 1. The molecule has 0 saturated heterocycles. The third-order valence-electron chi connectivity index (χ3n) is 4.46. The van der Waals surface area contributed by atoms with E-state index in [9.17, 15) is 4.79 Å². The van der Waals surface area contributed by atoms with Gasteiger partial charge in [0, 0.05) is 12.1 Å². The van der Waals surface area contributed by atoms with E-state index in [0.29, 0.717) is 6.54 Å². The predicted molar refractivity (Wildman–Crippen MR) is 84.3 cm³/mol. The zero-order valence-electron chi connectivity index (χ0n) is 13.0. The number of hydrogen-bond donors (Lipinski definition) is 2. The molecule has 3 N–H and O–H groups in total. The number of amides is 1. The number of nitrogens with two attached hydrogens (primary N) is 1. The SMILES string of the molecule is COc1ccccc1CCNC(=O)C1CCCCC1(C)N. The first kappa shape index (κ1) is 15.8. The van der Waals surface area contributed by atoms with Gasteiger partial charge in [0.05, 0.1) is 13.0 Å². The van der Waals surface area contributed by atoms with Crippen molar-refractivity contribution in [2.45, 2.75) is 44.6 Å². The second-order valence-electron chi connectivity index (χ2n) is 6.16. The maximum absolute atomic E-state index is 12.3. The van der Waals surface area contributed by atoms with E-state index in [4.69, 9.17) is 10.5 Å². The van der Waals surface area contributed by atoms with Crippen LogP contribution >= 0.6 is 0 Å². The summed E-state index contributed by atoms with van der Waals surface area (Å²) in [7, 11) is 1.67. The molecule has 0 radical (unpaired) electrons. The van der Waals surface area contributed by atoms with Crippen molar-refractivity contribution >= 4 is 5.91 Å². The molecule has 1 aromatic carbocycles. The highest BCUT2D eigenvalue weighted by Crippen LogP contribution is 2.31. The molecular formula is C17H26N2O2. The van der Waals surface area contributed by atoms with E-state index in [1.54, 1.807) is 7.11 Å². The van der Waals surface area contributed by atoms with Crippen LogP contribution in [0.5, 0.6) is 5.75 Å². The van der Waals surface area contributed by atoms with Crippen LogP contribution in [0, 0.1) is 5.92 Å². The van der Waals surface area contributed by atoms with Gasteiger partial charge in [-0.05, 0) is 37.8 Å². The molecule has 1 saturated carbocycles. The van der Waals surface area contributed by atoms with Gasteiger partial charge in [-0.2, -0.15) is 0 Å². The van der Waals surface area contributed by atoms with Crippen LogP contribution in [0.2, 0.25) is 0 Å². The summed E-state index contributed by atoms with van der Waals surface area (Å²) in [6, 6.07) is 7.90. The largest absolute Gasteiger partial charge is 0.496 e. The highest BCUT2D eigenvalue weighted by molar-refractivity contribution is 5.80. The number of ether oxygens (including phenoxy) is 1. The first-order valence-electron chi connectivity index (χ1n) is 7.73. The van der Waals surface area contributed by atoms with Crippen LogP contribution in [0.3, 0.4) is 0 Å². The molecule has 1 aliphatic rings. The van der Waals surface area contributed by atoms with Crippen LogP contribution in [0.1, 0.15) is 38.2 Å². The number of carbonyl (C=O) groups is 1. The lowest BCUT2D eigenvalue weighted by Crippen LogP contribution is -2.53. The lowest BCUT2D eigenvalue weighted by atomic mass is 9.74. The Labute approximate surface area is 127 Å². The van der Waals surface area contributed by atoms with E-state index in [1.807, 2.05) is 31.2 Å². The van der Waals surface area contributed by atoms with Crippen molar-refractivity contribution in [3.63, 3.8) is 0 Å². The number of rotatable bonds is 5.